The van der Waals surface area contributed by atoms with E-state index in [2.05, 4.69) is 24.3 Å². The van der Waals surface area contributed by atoms with Gasteiger partial charge < -0.3 is 9.64 Å². The molecule has 3 nitrogen and oxygen atoms in total. The Morgan fingerprint density at radius 3 is 2.78 bits per heavy atom. The largest absolute Gasteiger partial charge is 0.414 e. The van der Waals surface area contributed by atoms with E-state index in [1.54, 1.807) is 25.4 Å². The highest BCUT2D eigenvalue weighted by molar-refractivity contribution is 7.20. The number of rotatable bonds is 3. The van der Waals surface area contributed by atoms with Gasteiger partial charge in [0.1, 0.15) is 0 Å². The zero-order chi connectivity index (χ0) is 16.2. The summed E-state index contributed by atoms with van der Waals surface area (Å²) in [6, 6.07) is 8.04. The summed E-state index contributed by atoms with van der Waals surface area (Å²) < 4.78 is 6.76. The molecule has 0 saturated carbocycles. The van der Waals surface area contributed by atoms with Crippen molar-refractivity contribution in [2.45, 2.75) is 25.7 Å². The number of carbonyl (C=O) groups excluding carboxylic acids is 1. The van der Waals surface area contributed by atoms with E-state index in [9.17, 15) is 4.79 Å². The van der Waals surface area contributed by atoms with Crippen LogP contribution in [-0.2, 0) is 0 Å². The van der Waals surface area contributed by atoms with E-state index in [1.807, 2.05) is 18.2 Å². The molecule has 23 heavy (non-hydrogen) atoms. The van der Waals surface area contributed by atoms with E-state index in [-0.39, 0.29) is 6.09 Å². The minimum Gasteiger partial charge on any atom is -0.408 e. The average molecular weight is 327 g/mol. The number of amides is 1. The molecule has 0 radical (unpaired) electrons. The van der Waals surface area contributed by atoms with E-state index in [4.69, 9.17) is 4.74 Å². The van der Waals surface area contributed by atoms with Crippen LogP contribution in [0.5, 0.6) is 5.75 Å². The molecule has 1 heterocycles. The summed E-state index contributed by atoms with van der Waals surface area (Å²) in [4.78, 5) is 14.4. The molecule has 2 aromatic rings. The molecular weight excluding hydrogens is 306 g/mol. The average Bonchev–Trinajstić information content (AvgIpc) is 2.91. The van der Waals surface area contributed by atoms with Gasteiger partial charge in [0.15, 0.2) is 5.75 Å². The molecule has 0 spiro atoms. The second-order valence-corrected chi connectivity index (χ2v) is 7.00. The van der Waals surface area contributed by atoms with Gasteiger partial charge in [0.25, 0.3) is 0 Å². The number of fused-ring (bicyclic) bond motifs is 1. The highest BCUT2D eigenvalue weighted by atomic mass is 32.1. The van der Waals surface area contributed by atoms with E-state index >= 15 is 0 Å². The van der Waals surface area contributed by atoms with Gasteiger partial charge in [-0.2, -0.15) is 0 Å². The molecule has 1 aromatic carbocycles. The Hall–Kier alpha value is -2.07. The molecule has 120 valence electrons. The third kappa shape index (κ3) is 3.64. The number of hydrogen-bond acceptors (Lipinski definition) is 3. The molecule has 4 heteroatoms. The van der Waals surface area contributed by atoms with Crippen LogP contribution < -0.4 is 4.74 Å². The first-order chi connectivity index (χ1) is 11.1. The molecule has 0 unspecified atom stereocenters. The van der Waals surface area contributed by atoms with Crippen molar-refractivity contribution in [1.29, 1.82) is 0 Å². The molecule has 0 bridgehead atoms. The van der Waals surface area contributed by atoms with Crippen LogP contribution in [0.25, 0.3) is 16.2 Å². The lowest BCUT2D eigenvalue weighted by Crippen LogP contribution is -2.25. The van der Waals surface area contributed by atoms with Crippen LogP contribution in [0.1, 0.15) is 30.6 Å². The summed E-state index contributed by atoms with van der Waals surface area (Å²) in [7, 11) is 3.39. The Morgan fingerprint density at radius 2 is 2.04 bits per heavy atom. The van der Waals surface area contributed by atoms with Gasteiger partial charge >= 0.3 is 6.09 Å². The molecule has 1 aliphatic carbocycles. The smallest absolute Gasteiger partial charge is 0.408 e. The van der Waals surface area contributed by atoms with Crippen molar-refractivity contribution in [3.63, 3.8) is 0 Å². The van der Waals surface area contributed by atoms with Gasteiger partial charge in [0.05, 0.1) is 4.88 Å². The molecule has 3 rings (SSSR count). The zero-order valence-corrected chi connectivity index (χ0v) is 14.4. The third-order valence-electron chi connectivity index (χ3n) is 3.90. The van der Waals surface area contributed by atoms with Gasteiger partial charge in [0.2, 0.25) is 0 Å². The van der Waals surface area contributed by atoms with Crippen molar-refractivity contribution < 1.29 is 9.53 Å². The van der Waals surface area contributed by atoms with Gasteiger partial charge in [-0.3, -0.25) is 0 Å². The fraction of sp³-hybridized carbons (Fsp3) is 0.316. The molecule has 0 fully saturated rings. The number of benzene rings is 1. The number of nitrogens with zero attached hydrogens (tertiary/aromatic N) is 1. The minimum absolute atomic E-state index is 0.347. The third-order valence-corrected chi connectivity index (χ3v) is 5.02. The normalized spacial score (nSPS) is 15.0. The first-order valence-corrected chi connectivity index (χ1v) is 8.74. The van der Waals surface area contributed by atoms with Gasteiger partial charge in [-0.15, -0.1) is 11.3 Å². The molecule has 0 aliphatic heterocycles. The van der Waals surface area contributed by atoms with E-state index in [0.29, 0.717) is 5.75 Å². The lowest BCUT2D eigenvalue weighted by Gasteiger charge is -2.11. The summed E-state index contributed by atoms with van der Waals surface area (Å²) in [6.07, 6.45) is 11.0. The van der Waals surface area contributed by atoms with Gasteiger partial charge in [-0.1, -0.05) is 29.9 Å². The van der Waals surface area contributed by atoms with Crippen LogP contribution in [0, 0.1) is 0 Å². The van der Waals surface area contributed by atoms with Crippen LogP contribution in [0.3, 0.4) is 0 Å². The summed E-state index contributed by atoms with van der Waals surface area (Å²) in [5.41, 5.74) is 1.37. The number of hydrogen-bond donors (Lipinski definition) is 0. The predicted octanol–water partition coefficient (Wildman–Crippen LogP) is 5.48. The fourth-order valence-electron chi connectivity index (χ4n) is 2.63. The molecular formula is C19H21NO2S. The first-order valence-electron chi connectivity index (χ1n) is 7.93. The summed E-state index contributed by atoms with van der Waals surface area (Å²) in [6.45, 7) is 0. The van der Waals surface area contributed by atoms with Crippen LogP contribution >= 0.6 is 11.3 Å². The fourth-order valence-corrected chi connectivity index (χ4v) is 3.67. The van der Waals surface area contributed by atoms with Crippen molar-refractivity contribution in [1.82, 2.24) is 4.90 Å². The molecule has 0 N–H and O–H groups in total. The second-order valence-electron chi connectivity index (χ2n) is 5.91. The highest BCUT2D eigenvalue weighted by Gasteiger charge is 2.16. The SMILES string of the molecule is CN(C)C(=O)Oc1c(/C=C\C2=CCCCC2)sc2ccccc12. The standard InChI is InChI=1S/C19H21NO2S/c1-20(2)19(21)22-18-15-10-6-7-11-16(15)23-17(18)13-12-14-8-4-3-5-9-14/h6-8,10-13H,3-5,9H2,1-2H3/b13-12-. The van der Waals surface area contributed by atoms with Crippen LogP contribution in [-0.4, -0.2) is 25.1 Å². The molecule has 0 atom stereocenters. The maximum absolute atomic E-state index is 12.0. The summed E-state index contributed by atoms with van der Waals surface area (Å²) >= 11 is 1.66. The topological polar surface area (TPSA) is 29.5 Å². The maximum atomic E-state index is 12.0. The van der Waals surface area contributed by atoms with Crippen molar-refractivity contribution in [2.24, 2.45) is 0 Å². The first kappa shape index (κ1) is 15.8. The minimum atomic E-state index is -0.347. The van der Waals surface area contributed by atoms with Crippen molar-refractivity contribution in [2.75, 3.05) is 14.1 Å². The lowest BCUT2D eigenvalue weighted by molar-refractivity contribution is 0.172. The highest BCUT2D eigenvalue weighted by Crippen LogP contribution is 2.39. The van der Waals surface area contributed by atoms with E-state index < -0.39 is 0 Å². The zero-order valence-electron chi connectivity index (χ0n) is 13.5. The van der Waals surface area contributed by atoms with Crippen LogP contribution in [0.2, 0.25) is 0 Å². The Balaban J connectivity index is 1.96. The Morgan fingerprint density at radius 1 is 1.22 bits per heavy atom. The van der Waals surface area contributed by atoms with Crippen molar-refractivity contribution in [3.05, 3.63) is 46.9 Å². The molecule has 0 saturated heterocycles. The molecule has 1 aromatic heterocycles. The van der Waals surface area contributed by atoms with Crippen molar-refractivity contribution in [3.8, 4) is 5.75 Å². The number of ether oxygens (including phenoxy) is 1. The van der Waals surface area contributed by atoms with Gasteiger partial charge in [-0.25, -0.2) is 4.79 Å². The number of thiophene rings is 1. The number of carbonyl (C=O) groups is 1. The predicted molar refractivity (Wildman–Crippen MR) is 97.1 cm³/mol. The Kier molecular flexibility index (Phi) is 4.82. The second kappa shape index (κ2) is 7.01. The maximum Gasteiger partial charge on any atom is 0.414 e. The van der Waals surface area contributed by atoms with Crippen molar-refractivity contribution >= 4 is 33.6 Å². The quantitative estimate of drug-likeness (QED) is 0.747. The lowest BCUT2D eigenvalue weighted by atomic mass is 9.99. The van der Waals surface area contributed by atoms with Crippen LogP contribution in [0.15, 0.2) is 42.0 Å². The molecule has 1 amide bonds. The number of allylic oxidation sites excluding steroid dienone is 3. The van der Waals surface area contributed by atoms with E-state index in [0.717, 1.165) is 27.8 Å². The van der Waals surface area contributed by atoms with Crippen LogP contribution in [0.4, 0.5) is 4.79 Å². The van der Waals surface area contributed by atoms with Gasteiger partial charge in [-0.05, 0) is 43.9 Å². The summed E-state index contributed by atoms with van der Waals surface area (Å²) in [5.74, 6) is 0.664. The summed E-state index contributed by atoms with van der Waals surface area (Å²) in [5, 5.41) is 0.991. The van der Waals surface area contributed by atoms with E-state index in [1.165, 1.54) is 23.3 Å². The monoisotopic (exact) mass is 327 g/mol. The Labute approximate surface area is 140 Å². The molecule has 1 aliphatic rings. The Bertz CT molecular complexity index is 771. The van der Waals surface area contributed by atoms with Gasteiger partial charge in [0, 0.05) is 24.2 Å².